The highest BCUT2D eigenvalue weighted by Crippen LogP contribution is 2.49. The summed E-state index contributed by atoms with van der Waals surface area (Å²) in [6.45, 7) is 0.409. The van der Waals surface area contributed by atoms with E-state index in [1.165, 1.54) is 31.4 Å². The fraction of sp³-hybridized carbons (Fsp3) is 0.278. The van der Waals surface area contributed by atoms with Crippen molar-refractivity contribution in [3.8, 4) is 0 Å². The maximum atomic E-state index is 14.1. The van der Waals surface area contributed by atoms with E-state index < -0.39 is 16.0 Å². The van der Waals surface area contributed by atoms with E-state index in [1.807, 2.05) is 0 Å². The summed E-state index contributed by atoms with van der Waals surface area (Å²) in [6, 6.07) is 10.6. The number of carbonyl (C=O) groups is 1. The van der Waals surface area contributed by atoms with Gasteiger partial charge in [0, 0.05) is 17.6 Å². The summed E-state index contributed by atoms with van der Waals surface area (Å²) in [5.41, 5.74) is 0.764. The lowest BCUT2D eigenvalue weighted by molar-refractivity contribution is 0.0601. The number of hydrogen-bond acceptors (Lipinski definition) is 5. The number of halogens is 1. The molecule has 0 atom stereocenters. The van der Waals surface area contributed by atoms with Crippen LogP contribution in [0.25, 0.3) is 0 Å². The summed E-state index contributed by atoms with van der Waals surface area (Å²) < 4.78 is 41.9. The maximum absolute atomic E-state index is 14.1. The summed E-state index contributed by atoms with van der Waals surface area (Å²) in [5, 5.41) is 8.25. The van der Waals surface area contributed by atoms with Crippen molar-refractivity contribution in [3.05, 3.63) is 59.4 Å². The number of nitrogens with one attached hydrogen (secondary N) is 1. The molecule has 0 aromatic heterocycles. The molecule has 1 fully saturated rings. The molecule has 2 aromatic carbocycles. The molecule has 26 heavy (non-hydrogen) atoms. The van der Waals surface area contributed by atoms with Gasteiger partial charge < -0.3 is 10.1 Å². The van der Waals surface area contributed by atoms with Gasteiger partial charge in [-0.3, -0.25) is 0 Å². The molecular weight excluding hydrogens is 359 g/mol. The van der Waals surface area contributed by atoms with Crippen molar-refractivity contribution >= 4 is 21.7 Å². The first-order valence-corrected chi connectivity index (χ1v) is 9.55. The van der Waals surface area contributed by atoms with E-state index >= 15 is 0 Å². The molecule has 0 aliphatic heterocycles. The van der Waals surface area contributed by atoms with E-state index in [-0.39, 0.29) is 21.7 Å². The van der Waals surface area contributed by atoms with Gasteiger partial charge in [-0.2, -0.15) is 0 Å². The lowest BCUT2D eigenvalue weighted by Gasteiger charge is -2.19. The Morgan fingerprint density at radius 2 is 1.96 bits per heavy atom. The van der Waals surface area contributed by atoms with Crippen molar-refractivity contribution in [2.24, 2.45) is 5.14 Å². The van der Waals surface area contributed by atoms with Gasteiger partial charge in [-0.1, -0.05) is 18.2 Å². The minimum absolute atomic E-state index is 0.0587. The van der Waals surface area contributed by atoms with Gasteiger partial charge in [0.05, 0.1) is 17.6 Å². The predicted octanol–water partition coefficient (Wildman–Crippen LogP) is 2.40. The monoisotopic (exact) mass is 378 g/mol. The first-order chi connectivity index (χ1) is 12.3. The number of esters is 1. The molecule has 0 saturated heterocycles. The fourth-order valence-electron chi connectivity index (χ4n) is 2.98. The van der Waals surface area contributed by atoms with Crippen LogP contribution in [-0.2, 0) is 20.2 Å². The van der Waals surface area contributed by atoms with Gasteiger partial charge in [0.1, 0.15) is 5.82 Å². The molecule has 1 saturated carbocycles. The van der Waals surface area contributed by atoms with E-state index in [0.29, 0.717) is 17.8 Å². The van der Waals surface area contributed by atoms with Crippen molar-refractivity contribution in [1.29, 1.82) is 0 Å². The maximum Gasteiger partial charge on any atom is 0.340 e. The smallest absolute Gasteiger partial charge is 0.340 e. The van der Waals surface area contributed by atoms with E-state index in [9.17, 15) is 17.6 Å². The van der Waals surface area contributed by atoms with E-state index in [2.05, 4.69) is 5.32 Å². The lowest BCUT2D eigenvalue weighted by atomic mass is 9.95. The molecule has 8 heteroatoms. The Morgan fingerprint density at radius 3 is 2.54 bits per heavy atom. The second kappa shape index (κ2) is 6.69. The van der Waals surface area contributed by atoms with E-state index in [1.54, 1.807) is 18.2 Å². The number of rotatable bonds is 6. The quantitative estimate of drug-likeness (QED) is 0.752. The van der Waals surface area contributed by atoms with Crippen LogP contribution in [0.5, 0.6) is 0 Å². The summed E-state index contributed by atoms with van der Waals surface area (Å²) in [5.74, 6) is -0.946. The van der Waals surface area contributed by atoms with Gasteiger partial charge in [-0.05, 0) is 42.7 Å². The zero-order valence-corrected chi connectivity index (χ0v) is 15.0. The molecular formula is C18H19FN2O4S. The Hall–Kier alpha value is -2.45. The highest BCUT2D eigenvalue weighted by atomic mass is 32.2. The highest BCUT2D eigenvalue weighted by molar-refractivity contribution is 7.89. The Labute approximate surface area is 151 Å². The summed E-state index contributed by atoms with van der Waals surface area (Å²) in [7, 11) is -2.74. The van der Waals surface area contributed by atoms with E-state index in [4.69, 9.17) is 9.88 Å². The SMILES string of the molecule is COC(=O)c1cc(S(N)(=O)=O)ccc1NCC1(c2ccccc2F)CC1. The molecule has 0 spiro atoms. The summed E-state index contributed by atoms with van der Waals surface area (Å²) in [4.78, 5) is 11.8. The molecule has 2 aromatic rings. The Morgan fingerprint density at radius 1 is 1.27 bits per heavy atom. The average Bonchev–Trinajstić information content (AvgIpc) is 3.39. The zero-order chi connectivity index (χ0) is 18.9. The van der Waals surface area contributed by atoms with Crippen molar-refractivity contribution < 1.29 is 22.3 Å². The molecule has 0 amide bonds. The van der Waals surface area contributed by atoms with Gasteiger partial charge >= 0.3 is 5.97 Å². The molecule has 1 aliphatic rings. The Balaban J connectivity index is 1.88. The van der Waals surface area contributed by atoms with Gasteiger partial charge in [0.15, 0.2) is 0 Å². The molecule has 138 valence electrons. The van der Waals surface area contributed by atoms with Gasteiger partial charge in [0.2, 0.25) is 10.0 Å². The van der Waals surface area contributed by atoms with Crippen LogP contribution < -0.4 is 10.5 Å². The van der Waals surface area contributed by atoms with Crippen LogP contribution in [0.1, 0.15) is 28.8 Å². The number of sulfonamides is 1. The number of hydrogen-bond donors (Lipinski definition) is 2. The Bertz CT molecular complexity index is 955. The molecule has 6 nitrogen and oxygen atoms in total. The van der Waals surface area contributed by atoms with Crippen LogP contribution in [0.15, 0.2) is 47.4 Å². The van der Waals surface area contributed by atoms with Crippen LogP contribution >= 0.6 is 0 Å². The third kappa shape index (κ3) is 3.56. The van der Waals surface area contributed by atoms with Gasteiger partial charge in [-0.25, -0.2) is 22.7 Å². The van der Waals surface area contributed by atoms with Crippen LogP contribution in [0.3, 0.4) is 0 Å². The van der Waals surface area contributed by atoms with Crippen molar-refractivity contribution in [3.63, 3.8) is 0 Å². The van der Waals surface area contributed by atoms with Gasteiger partial charge in [0.25, 0.3) is 0 Å². The van der Waals surface area contributed by atoms with Crippen LogP contribution in [0.2, 0.25) is 0 Å². The molecule has 0 heterocycles. The fourth-order valence-corrected chi connectivity index (χ4v) is 3.52. The third-order valence-corrected chi connectivity index (χ3v) is 5.55. The average molecular weight is 378 g/mol. The van der Waals surface area contributed by atoms with Crippen molar-refractivity contribution in [2.75, 3.05) is 19.0 Å². The summed E-state index contributed by atoms with van der Waals surface area (Å²) >= 11 is 0. The zero-order valence-electron chi connectivity index (χ0n) is 14.2. The number of carbonyl (C=O) groups excluding carboxylic acids is 1. The highest BCUT2D eigenvalue weighted by Gasteiger charge is 2.45. The van der Waals surface area contributed by atoms with Crippen LogP contribution in [-0.4, -0.2) is 28.0 Å². The number of nitrogens with two attached hydrogens (primary N) is 1. The number of primary sulfonamides is 1. The summed E-state index contributed by atoms with van der Waals surface area (Å²) in [6.07, 6.45) is 1.65. The number of benzene rings is 2. The molecule has 1 aliphatic carbocycles. The molecule has 0 bridgehead atoms. The largest absolute Gasteiger partial charge is 0.465 e. The number of anilines is 1. The standard InChI is InChI=1S/C18H19FN2O4S/c1-25-17(22)13-10-12(26(20,23)24)6-7-16(13)21-11-18(8-9-18)14-4-2-3-5-15(14)19/h2-7,10,21H,8-9,11H2,1H3,(H2,20,23,24). The van der Waals surface area contributed by atoms with Crippen LogP contribution in [0, 0.1) is 5.82 Å². The minimum Gasteiger partial charge on any atom is -0.465 e. The number of methoxy groups -OCH3 is 1. The van der Waals surface area contributed by atoms with Crippen molar-refractivity contribution in [2.45, 2.75) is 23.2 Å². The molecule has 0 unspecified atom stereocenters. The van der Waals surface area contributed by atoms with Crippen LogP contribution in [0.4, 0.5) is 10.1 Å². The normalized spacial score (nSPS) is 15.3. The topological polar surface area (TPSA) is 98.5 Å². The first-order valence-electron chi connectivity index (χ1n) is 8.01. The second-order valence-electron chi connectivity index (χ2n) is 6.36. The molecule has 0 radical (unpaired) electrons. The van der Waals surface area contributed by atoms with Crippen molar-refractivity contribution in [1.82, 2.24) is 0 Å². The minimum atomic E-state index is -3.95. The Kier molecular flexibility index (Phi) is 4.72. The lowest BCUT2D eigenvalue weighted by Crippen LogP contribution is -2.22. The number of ether oxygens (including phenoxy) is 1. The molecule has 3 rings (SSSR count). The van der Waals surface area contributed by atoms with E-state index in [0.717, 1.165) is 12.8 Å². The second-order valence-corrected chi connectivity index (χ2v) is 7.92. The first kappa shape index (κ1) is 18.3. The molecule has 3 N–H and O–H groups in total. The third-order valence-electron chi connectivity index (χ3n) is 4.64. The van der Waals surface area contributed by atoms with Gasteiger partial charge in [-0.15, -0.1) is 0 Å². The predicted molar refractivity (Wildman–Crippen MR) is 95.0 cm³/mol.